The van der Waals surface area contributed by atoms with Crippen LogP contribution in [0.1, 0.15) is 31.2 Å². The van der Waals surface area contributed by atoms with Crippen LogP contribution in [0.4, 0.5) is 0 Å². The van der Waals surface area contributed by atoms with Crippen molar-refractivity contribution >= 4 is 35.6 Å². The highest BCUT2D eigenvalue weighted by Crippen LogP contribution is 2.07. The molecule has 0 aliphatic heterocycles. The minimum absolute atomic E-state index is 0.00549. The van der Waals surface area contributed by atoms with E-state index in [0.717, 1.165) is 0 Å². The molecular weight excluding hydrogens is 502 g/mol. The lowest BCUT2D eigenvalue weighted by molar-refractivity contribution is -0.143. The van der Waals surface area contributed by atoms with Crippen molar-refractivity contribution < 1.29 is 39.3 Å². The van der Waals surface area contributed by atoms with E-state index in [2.05, 4.69) is 20.9 Å². The minimum atomic E-state index is -1.43. The van der Waals surface area contributed by atoms with Gasteiger partial charge in [-0.25, -0.2) is 4.79 Å². The average Bonchev–Trinajstić information content (AvgIpc) is 2.87. The fourth-order valence-electron chi connectivity index (χ4n) is 3.27. The third-order valence-electron chi connectivity index (χ3n) is 5.29. The fourth-order valence-corrected chi connectivity index (χ4v) is 3.27. The van der Waals surface area contributed by atoms with Crippen molar-refractivity contribution in [2.75, 3.05) is 13.2 Å². The maximum absolute atomic E-state index is 13.0. The Bertz CT molecular complexity index is 985. The first-order valence-electron chi connectivity index (χ1n) is 11.8. The quantitative estimate of drug-likeness (QED) is 0.0548. The van der Waals surface area contributed by atoms with E-state index >= 15 is 0 Å². The number of hydrogen-bond acceptors (Lipinski definition) is 8. The smallest absolute Gasteiger partial charge is 0.326 e. The first-order chi connectivity index (χ1) is 17.9. The molecule has 0 aromatic heterocycles. The summed E-state index contributed by atoms with van der Waals surface area (Å²) in [6.45, 7) is -0.563. The number of amides is 3. The molecule has 38 heavy (non-hydrogen) atoms. The highest BCUT2D eigenvalue weighted by atomic mass is 16.4. The Kier molecular flexibility index (Phi) is 13.8. The van der Waals surface area contributed by atoms with Gasteiger partial charge in [-0.1, -0.05) is 30.3 Å². The van der Waals surface area contributed by atoms with Crippen LogP contribution in [-0.2, 0) is 30.4 Å². The number of aliphatic imine (C=N–C) groups is 1. The number of carboxylic acid groups (broad SMARTS) is 2. The monoisotopic (exact) mass is 537 g/mol. The number of nitrogens with zero attached hydrogens (tertiary/aromatic N) is 1. The number of guanidine groups is 1. The van der Waals surface area contributed by atoms with Crippen LogP contribution in [0.5, 0.6) is 0 Å². The molecule has 210 valence electrons. The molecule has 1 aromatic carbocycles. The highest BCUT2D eigenvalue weighted by Gasteiger charge is 2.30. The molecule has 12 N–H and O–H groups in total. The maximum Gasteiger partial charge on any atom is 0.326 e. The van der Waals surface area contributed by atoms with Gasteiger partial charge in [0.1, 0.15) is 24.2 Å². The van der Waals surface area contributed by atoms with Crippen LogP contribution in [-0.4, -0.2) is 88.3 Å². The van der Waals surface area contributed by atoms with E-state index in [1.807, 2.05) is 0 Å². The number of aliphatic hydroxyl groups excluding tert-OH is 1. The first-order valence-corrected chi connectivity index (χ1v) is 11.8. The van der Waals surface area contributed by atoms with Crippen LogP contribution >= 0.6 is 0 Å². The van der Waals surface area contributed by atoms with E-state index in [0.29, 0.717) is 5.56 Å². The maximum atomic E-state index is 13.0. The van der Waals surface area contributed by atoms with Gasteiger partial charge in [0.15, 0.2) is 5.96 Å². The van der Waals surface area contributed by atoms with Crippen molar-refractivity contribution in [3.05, 3.63) is 35.9 Å². The van der Waals surface area contributed by atoms with Gasteiger partial charge in [-0.15, -0.1) is 0 Å². The van der Waals surface area contributed by atoms with E-state index in [4.69, 9.17) is 27.4 Å². The summed E-state index contributed by atoms with van der Waals surface area (Å²) >= 11 is 0. The highest BCUT2D eigenvalue weighted by molar-refractivity contribution is 5.94. The summed E-state index contributed by atoms with van der Waals surface area (Å²) in [6, 6.07) is 3.17. The third kappa shape index (κ3) is 12.1. The lowest BCUT2D eigenvalue weighted by atomic mass is 10.0. The topological polar surface area (TPSA) is 273 Å². The molecule has 1 rings (SSSR count). The van der Waals surface area contributed by atoms with Gasteiger partial charge in [-0.2, -0.15) is 0 Å². The molecule has 0 saturated heterocycles. The van der Waals surface area contributed by atoms with Crippen LogP contribution in [0.15, 0.2) is 35.3 Å². The zero-order chi connectivity index (χ0) is 28.7. The van der Waals surface area contributed by atoms with Gasteiger partial charge in [-0.05, 0) is 24.8 Å². The molecule has 15 nitrogen and oxygen atoms in total. The molecule has 1 aromatic rings. The first kappa shape index (κ1) is 31.8. The van der Waals surface area contributed by atoms with Gasteiger partial charge >= 0.3 is 11.9 Å². The van der Waals surface area contributed by atoms with Gasteiger partial charge in [0.05, 0.1) is 6.61 Å². The third-order valence-corrected chi connectivity index (χ3v) is 5.29. The van der Waals surface area contributed by atoms with Crippen molar-refractivity contribution in [3.63, 3.8) is 0 Å². The van der Waals surface area contributed by atoms with Crippen LogP contribution < -0.4 is 33.2 Å². The summed E-state index contributed by atoms with van der Waals surface area (Å²) in [4.78, 5) is 64.9. The number of carboxylic acids is 2. The summed E-state index contributed by atoms with van der Waals surface area (Å²) in [5, 5.41) is 34.9. The zero-order valence-corrected chi connectivity index (χ0v) is 20.7. The predicted molar refractivity (Wildman–Crippen MR) is 135 cm³/mol. The molecule has 0 spiro atoms. The average molecular weight is 538 g/mol. The van der Waals surface area contributed by atoms with E-state index in [-0.39, 0.29) is 38.2 Å². The SMILES string of the molecule is NC(N)=NCCCC(NC(=O)C(N)CO)C(=O)NC(CCC(=O)O)C(=O)NC(Cc1ccccc1)C(=O)O. The Labute approximate surface area is 218 Å². The molecule has 15 heteroatoms. The molecule has 3 amide bonds. The largest absolute Gasteiger partial charge is 0.481 e. The number of carbonyl (C=O) groups is 5. The van der Waals surface area contributed by atoms with Gasteiger partial charge < -0.3 is 48.5 Å². The molecule has 0 fully saturated rings. The number of hydrogen-bond donors (Lipinski definition) is 9. The van der Waals surface area contributed by atoms with E-state index in [1.54, 1.807) is 30.3 Å². The molecule has 0 aliphatic rings. The Hall–Kier alpha value is -4.24. The number of rotatable bonds is 17. The zero-order valence-electron chi connectivity index (χ0n) is 20.7. The Morgan fingerprint density at radius 1 is 0.842 bits per heavy atom. The lowest BCUT2D eigenvalue weighted by Gasteiger charge is -2.25. The normalized spacial score (nSPS) is 13.7. The Morgan fingerprint density at radius 3 is 1.92 bits per heavy atom. The number of carbonyl (C=O) groups excluding carboxylic acids is 3. The summed E-state index contributed by atoms with van der Waals surface area (Å²) in [5.74, 6) is -5.35. The molecule has 0 bridgehead atoms. The number of nitrogens with two attached hydrogens (primary N) is 3. The molecule has 4 unspecified atom stereocenters. The van der Waals surface area contributed by atoms with Gasteiger partial charge in [0.2, 0.25) is 17.7 Å². The van der Waals surface area contributed by atoms with Gasteiger partial charge in [0, 0.05) is 19.4 Å². The number of nitrogens with one attached hydrogen (secondary N) is 3. The lowest BCUT2D eigenvalue weighted by Crippen LogP contribution is -2.57. The standard InChI is InChI=1S/C23H35N7O8/c24-14(12-31)19(34)28-15(7-4-10-27-23(25)26)20(35)29-16(8-9-18(32)33)21(36)30-17(22(37)38)11-13-5-2-1-3-6-13/h1-3,5-6,14-17,31H,4,7-12,24H2,(H,28,34)(H,29,35)(H,30,36)(H,32,33)(H,37,38)(H4,25,26,27). The van der Waals surface area contributed by atoms with Crippen molar-refractivity contribution in [1.82, 2.24) is 16.0 Å². The Balaban J connectivity index is 3.05. The number of aliphatic carboxylic acids is 2. The van der Waals surface area contributed by atoms with E-state index < -0.39 is 66.9 Å². The second-order valence-electron chi connectivity index (χ2n) is 8.38. The van der Waals surface area contributed by atoms with Crippen LogP contribution in [0.2, 0.25) is 0 Å². The van der Waals surface area contributed by atoms with Crippen molar-refractivity contribution in [2.45, 2.75) is 56.3 Å². The van der Waals surface area contributed by atoms with Crippen LogP contribution in [0.25, 0.3) is 0 Å². The van der Waals surface area contributed by atoms with Crippen LogP contribution in [0.3, 0.4) is 0 Å². The number of aliphatic hydroxyl groups is 1. The predicted octanol–water partition coefficient (Wildman–Crippen LogP) is -2.99. The summed E-state index contributed by atoms with van der Waals surface area (Å²) in [7, 11) is 0. The Morgan fingerprint density at radius 2 is 1.39 bits per heavy atom. The van der Waals surface area contributed by atoms with Crippen molar-refractivity contribution in [1.29, 1.82) is 0 Å². The van der Waals surface area contributed by atoms with E-state index in [1.165, 1.54) is 0 Å². The molecular formula is C23H35N7O8. The minimum Gasteiger partial charge on any atom is -0.481 e. The molecule has 0 aliphatic carbocycles. The second kappa shape index (κ2) is 16.5. The summed E-state index contributed by atoms with van der Waals surface area (Å²) < 4.78 is 0. The van der Waals surface area contributed by atoms with E-state index in [9.17, 15) is 29.1 Å². The van der Waals surface area contributed by atoms with Crippen molar-refractivity contribution in [2.24, 2.45) is 22.2 Å². The van der Waals surface area contributed by atoms with Gasteiger partial charge in [0.25, 0.3) is 0 Å². The second-order valence-corrected chi connectivity index (χ2v) is 8.38. The van der Waals surface area contributed by atoms with Crippen molar-refractivity contribution in [3.8, 4) is 0 Å². The number of benzene rings is 1. The molecule has 0 heterocycles. The molecule has 0 saturated carbocycles. The molecule has 0 radical (unpaired) electrons. The molecule has 4 atom stereocenters. The van der Waals surface area contributed by atoms with Crippen LogP contribution in [0, 0.1) is 0 Å². The summed E-state index contributed by atoms with van der Waals surface area (Å²) in [6.07, 6.45) is -0.675. The fraction of sp³-hybridized carbons (Fsp3) is 0.478. The van der Waals surface area contributed by atoms with Gasteiger partial charge in [-0.3, -0.25) is 24.2 Å². The summed E-state index contributed by atoms with van der Waals surface area (Å²) in [5.41, 5.74) is 16.7.